The van der Waals surface area contributed by atoms with Gasteiger partial charge in [0.25, 0.3) is 0 Å². The predicted molar refractivity (Wildman–Crippen MR) is 110 cm³/mol. The van der Waals surface area contributed by atoms with Gasteiger partial charge in [0.2, 0.25) is 5.91 Å². The zero-order valence-electron chi connectivity index (χ0n) is 14.6. The smallest absolute Gasteiger partial charge is 0.229 e. The topological polar surface area (TPSA) is 58.1 Å². The lowest BCUT2D eigenvalue weighted by atomic mass is 9.97. The van der Waals surface area contributed by atoms with Crippen LogP contribution in [0.1, 0.15) is 12.8 Å². The standard InChI is InChI=1S/C20H19ClN4OS/c21-15-6-1-2-7-16(15)22-20(26)14-5-3-11-25(13-14)19-10-9-17(23-24-19)18-8-4-12-27-18/h1-2,4,6-10,12,14H,3,5,11,13H2,(H,22,26)/t14-/m1/s1. The Labute approximate surface area is 167 Å². The van der Waals surface area contributed by atoms with Gasteiger partial charge in [0.1, 0.15) is 5.69 Å². The number of rotatable bonds is 4. The van der Waals surface area contributed by atoms with Crippen LogP contribution in [0.15, 0.2) is 53.9 Å². The maximum atomic E-state index is 12.7. The van der Waals surface area contributed by atoms with Crippen molar-refractivity contribution in [1.82, 2.24) is 10.2 Å². The molecule has 1 atom stereocenters. The van der Waals surface area contributed by atoms with Crippen molar-refractivity contribution < 1.29 is 4.79 Å². The third-order valence-electron chi connectivity index (χ3n) is 4.67. The van der Waals surface area contributed by atoms with Crippen molar-refractivity contribution in [3.05, 3.63) is 58.9 Å². The molecule has 7 heteroatoms. The van der Waals surface area contributed by atoms with E-state index in [2.05, 4.69) is 20.4 Å². The first-order valence-corrected chi connectivity index (χ1v) is 10.1. The van der Waals surface area contributed by atoms with Gasteiger partial charge in [-0.15, -0.1) is 21.5 Å². The summed E-state index contributed by atoms with van der Waals surface area (Å²) in [4.78, 5) is 15.9. The number of anilines is 2. The van der Waals surface area contributed by atoms with E-state index in [1.54, 1.807) is 17.4 Å². The second kappa shape index (κ2) is 8.06. The molecule has 0 saturated carbocycles. The van der Waals surface area contributed by atoms with Crippen molar-refractivity contribution in [1.29, 1.82) is 0 Å². The average molecular weight is 399 g/mol. The fourth-order valence-electron chi connectivity index (χ4n) is 3.25. The van der Waals surface area contributed by atoms with Gasteiger partial charge >= 0.3 is 0 Å². The average Bonchev–Trinajstić information content (AvgIpc) is 3.25. The van der Waals surface area contributed by atoms with Crippen LogP contribution in [-0.2, 0) is 4.79 Å². The molecule has 1 aliphatic heterocycles. The zero-order chi connectivity index (χ0) is 18.6. The Balaban J connectivity index is 1.43. The van der Waals surface area contributed by atoms with Crippen LogP contribution in [-0.4, -0.2) is 29.2 Å². The number of halogens is 1. The zero-order valence-corrected chi connectivity index (χ0v) is 16.2. The highest BCUT2D eigenvalue weighted by Crippen LogP contribution is 2.27. The van der Waals surface area contributed by atoms with E-state index < -0.39 is 0 Å². The van der Waals surface area contributed by atoms with Gasteiger partial charge in [-0.05, 0) is 48.6 Å². The van der Waals surface area contributed by atoms with Crippen LogP contribution in [0.25, 0.3) is 10.6 Å². The van der Waals surface area contributed by atoms with E-state index in [0.29, 0.717) is 17.3 Å². The summed E-state index contributed by atoms with van der Waals surface area (Å²) in [6.07, 6.45) is 1.79. The van der Waals surface area contributed by atoms with Crippen LogP contribution >= 0.6 is 22.9 Å². The summed E-state index contributed by atoms with van der Waals surface area (Å²) in [6.45, 7) is 1.51. The van der Waals surface area contributed by atoms with Gasteiger partial charge in [-0.3, -0.25) is 4.79 Å². The van der Waals surface area contributed by atoms with Crippen LogP contribution in [0.4, 0.5) is 11.5 Å². The highest BCUT2D eigenvalue weighted by Gasteiger charge is 2.27. The molecular formula is C20H19ClN4OS. The molecule has 1 fully saturated rings. The first kappa shape index (κ1) is 17.9. The lowest BCUT2D eigenvalue weighted by molar-refractivity contribution is -0.120. The highest BCUT2D eigenvalue weighted by molar-refractivity contribution is 7.13. The largest absolute Gasteiger partial charge is 0.354 e. The minimum absolute atomic E-state index is 0.00374. The van der Waals surface area contributed by atoms with Gasteiger partial charge in [-0.1, -0.05) is 29.8 Å². The molecule has 0 unspecified atom stereocenters. The third-order valence-corrected chi connectivity index (χ3v) is 5.89. The quantitative estimate of drug-likeness (QED) is 0.691. The van der Waals surface area contributed by atoms with Crippen molar-refractivity contribution in [2.75, 3.05) is 23.3 Å². The molecule has 138 valence electrons. The van der Waals surface area contributed by atoms with E-state index >= 15 is 0 Å². The number of hydrogen-bond acceptors (Lipinski definition) is 5. The van der Waals surface area contributed by atoms with E-state index in [4.69, 9.17) is 11.6 Å². The van der Waals surface area contributed by atoms with E-state index in [0.717, 1.165) is 35.8 Å². The highest BCUT2D eigenvalue weighted by atomic mass is 35.5. The second-order valence-electron chi connectivity index (χ2n) is 6.51. The number of thiophene rings is 1. The molecule has 0 bridgehead atoms. The van der Waals surface area contributed by atoms with Gasteiger partial charge in [0.15, 0.2) is 5.82 Å². The molecule has 1 aromatic carbocycles. The van der Waals surface area contributed by atoms with Crippen LogP contribution in [0.5, 0.6) is 0 Å². The number of aromatic nitrogens is 2. The normalized spacial score (nSPS) is 16.9. The summed E-state index contributed by atoms with van der Waals surface area (Å²) in [5, 5.41) is 14.2. The number of carbonyl (C=O) groups excluding carboxylic acids is 1. The Morgan fingerprint density at radius 3 is 2.78 bits per heavy atom. The minimum atomic E-state index is -0.103. The number of nitrogens with zero attached hydrogens (tertiary/aromatic N) is 3. The third kappa shape index (κ3) is 4.12. The number of para-hydroxylation sites is 1. The first-order valence-electron chi connectivity index (χ1n) is 8.88. The predicted octanol–water partition coefficient (Wildman–Crippen LogP) is 4.71. The summed E-state index contributed by atoms with van der Waals surface area (Å²) < 4.78 is 0. The molecule has 1 N–H and O–H groups in total. The van der Waals surface area contributed by atoms with Crippen molar-refractivity contribution >= 4 is 40.4 Å². The number of carbonyl (C=O) groups is 1. The fourth-order valence-corrected chi connectivity index (χ4v) is 4.12. The van der Waals surface area contributed by atoms with Gasteiger partial charge in [-0.2, -0.15) is 0 Å². The van der Waals surface area contributed by atoms with Gasteiger partial charge in [0.05, 0.1) is 21.5 Å². The Bertz CT molecular complexity index is 914. The Morgan fingerprint density at radius 2 is 2.04 bits per heavy atom. The molecule has 3 heterocycles. The SMILES string of the molecule is O=C(Nc1ccccc1Cl)[C@@H]1CCCN(c2ccc(-c3cccs3)nn2)C1. The van der Waals surface area contributed by atoms with E-state index in [1.807, 2.05) is 47.8 Å². The Morgan fingerprint density at radius 1 is 1.15 bits per heavy atom. The fraction of sp³-hybridized carbons (Fsp3) is 0.250. The monoisotopic (exact) mass is 398 g/mol. The molecule has 1 saturated heterocycles. The molecular weight excluding hydrogens is 380 g/mol. The van der Waals surface area contributed by atoms with Crippen LogP contribution < -0.4 is 10.2 Å². The van der Waals surface area contributed by atoms with Crippen LogP contribution in [0.3, 0.4) is 0 Å². The van der Waals surface area contributed by atoms with E-state index in [-0.39, 0.29) is 11.8 Å². The molecule has 3 aromatic rings. The lowest BCUT2D eigenvalue weighted by Crippen LogP contribution is -2.41. The number of benzene rings is 1. The maximum absolute atomic E-state index is 12.7. The van der Waals surface area contributed by atoms with E-state index in [9.17, 15) is 4.79 Å². The van der Waals surface area contributed by atoms with Crippen LogP contribution in [0.2, 0.25) is 5.02 Å². The van der Waals surface area contributed by atoms with Crippen LogP contribution in [0, 0.1) is 5.92 Å². The second-order valence-corrected chi connectivity index (χ2v) is 7.86. The van der Waals surface area contributed by atoms with Gasteiger partial charge < -0.3 is 10.2 Å². The van der Waals surface area contributed by atoms with Crippen molar-refractivity contribution in [2.24, 2.45) is 5.92 Å². The first-order chi connectivity index (χ1) is 13.2. The number of hydrogen-bond donors (Lipinski definition) is 1. The van der Waals surface area contributed by atoms with E-state index in [1.165, 1.54) is 0 Å². The number of amides is 1. The Kier molecular flexibility index (Phi) is 5.36. The molecule has 4 rings (SSSR count). The molecule has 27 heavy (non-hydrogen) atoms. The molecule has 2 aromatic heterocycles. The summed E-state index contributed by atoms with van der Waals surface area (Å²) in [6, 6.07) is 15.3. The summed E-state index contributed by atoms with van der Waals surface area (Å²) in [5.41, 5.74) is 1.53. The van der Waals surface area contributed by atoms with Crippen molar-refractivity contribution in [3.8, 4) is 10.6 Å². The molecule has 0 spiro atoms. The van der Waals surface area contributed by atoms with Gasteiger partial charge in [-0.25, -0.2) is 0 Å². The molecule has 1 amide bonds. The molecule has 0 radical (unpaired) electrons. The van der Waals surface area contributed by atoms with Gasteiger partial charge in [0, 0.05) is 13.1 Å². The summed E-state index contributed by atoms with van der Waals surface area (Å²) in [7, 11) is 0. The lowest BCUT2D eigenvalue weighted by Gasteiger charge is -2.32. The summed E-state index contributed by atoms with van der Waals surface area (Å²) >= 11 is 7.79. The van der Waals surface area contributed by atoms with Crippen molar-refractivity contribution in [3.63, 3.8) is 0 Å². The summed E-state index contributed by atoms with van der Waals surface area (Å²) in [5.74, 6) is 0.704. The molecule has 5 nitrogen and oxygen atoms in total. The maximum Gasteiger partial charge on any atom is 0.229 e. The number of piperidine rings is 1. The van der Waals surface area contributed by atoms with Crippen molar-refractivity contribution in [2.45, 2.75) is 12.8 Å². The minimum Gasteiger partial charge on any atom is -0.354 e. The number of nitrogens with one attached hydrogen (secondary N) is 1. The molecule has 1 aliphatic rings. The Hall–Kier alpha value is -2.44. The molecule has 0 aliphatic carbocycles.